The number of benzene rings is 1. The monoisotopic (exact) mass is 324 g/mol. The molecule has 4 rings (SSSR count). The number of carbonyl (C=O) groups excluding carboxylic acids is 1. The molecule has 1 amide bonds. The number of hydrogen-bond donors (Lipinski definition) is 0. The summed E-state index contributed by atoms with van der Waals surface area (Å²) in [6, 6.07) is 11.8. The van der Waals surface area contributed by atoms with Crippen molar-refractivity contribution in [3.63, 3.8) is 0 Å². The summed E-state index contributed by atoms with van der Waals surface area (Å²) in [6.07, 6.45) is 3.59. The Bertz CT molecular complexity index is 761. The molecule has 0 saturated carbocycles. The first kappa shape index (κ1) is 15.1. The van der Waals surface area contributed by atoms with Gasteiger partial charge in [-0.2, -0.15) is 5.10 Å². The van der Waals surface area contributed by atoms with E-state index in [4.69, 9.17) is 9.15 Å². The SMILES string of the molecule is Cc1cccc([C@H]2CC(c3ccco3)=NN2C(=O)[C@@H]2CCCO2)c1. The molecule has 124 valence electrons. The zero-order valence-electron chi connectivity index (χ0n) is 13.6. The van der Waals surface area contributed by atoms with Gasteiger partial charge in [-0.25, -0.2) is 5.01 Å². The summed E-state index contributed by atoms with van der Waals surface area (Å²) in [5, 5.41) is 6.19. The summed E-state index contributed by atoms with van der Waals surface area (Å²) in [6.45, 7) is 2.70. The Morgan fingerprint density at radius 1 is 1.29 bits per heavy atom. The zero-order valence-corrected chi connectivity index (χ0v) is 13.6. The predicted octanol–water partition coefficient (Wildman–Crippen LogP) is 3.44. The van der Waals surface area contributed by atoms with Crippen molar-refractivity contribution in [1.29, 1.82) is 0 Å². The number of ether oxygens (including phenoxy) is 1. The number of hydrogen-bond acceptors (Lipinski definition) is 4. The van der Waals surface area contributed by atoms with E-state index in [-0.39, 0.29) is 18.1 Å². The van der Waals surface area contributed by atoms with Crippen molar-refractivity contribution in [1.82, 2.24) is 5.01 Å². The highest BCUT2D eigenvalue weighted by molar-refractivity contribution is 6.01. The molecule has 0 N–H and O–H groups in total. The van der Waals surface area contributed by atoms with Gasteiger partial charge in [0.2, 0.25) is 0 Å². The minimum absolute atomic E-state index is 0.0550. The van der Waals surface area contributed by atoms with Crippen LogP contribution in [0.1, 0.15) is 42.2 Å². The number of furan rings is 1. The maximum absolute atomic E-state index is 12.9. The smallest absolute Gasteiger partial charge is 0.272 e. The van der Waals surface area contributed by atoms with Crippen molar-refractivity contribution in [2.75, 3.05) is 6.61 Å². The Morgan fingerprint density at radius 3 is 2.92 bits per heavy atom. The van der Waals surface area contributed by atoms with E-state index < -0.39 is 0 Å². The zero-order chi connectivity index (χ0) is 16.5. The fraction of sp³-hybridized carbons (Fsp3) is 0.368. The Hall–Kier alpha value is -2.40. The van der Waals surface area contributed by atoms with E-state index in [0.717, 1.165) is 29.9 Å². The number of carbonyl (C=O) groups is 1. The molecular weight excluding hydrogens is 304 g/mol. The minimum Gasteiger partial charge on any atom is -0.463 e. The number of nitrogens with zero attached hydrogens (tertiary/aromatic N) is 2. The van der Waals surface area contributed by atoms with E-state index in [1.165, 1.54) is 5.56 Å². The second kappa shape index (κ2) is 6.24. The van der Waals surface area contributed by atoms with E-state index in [1.54, 1.807) is 11.3 Å². The van der Waals surface area contributed by atoms with Gasteiger partial charge in [-0.15, -0.1) is 0 Å². The molecule has 1 aromatic carbocycles. The van der Waals surface area contributed by atoms with Crippen LogP contribution in [0.5, 0.6) is 0 Å². The molecule has 2 aliphatic heterocycles. The molecule has 1 fully saturated rings. The van der Waals surface area contributed by atoms with Gasteiger partial charge in [-0.1, -0.05) is 29.8 Å². The Kier molecular flexibility index (Phi) is 3.94. The summed E-state index contributed by atoms with van der Waals surface area (Å²) in [4.78, 5) is 12.9. The third kappa shape index (κ3) is 2.76. The van der Waals surface area contributed by atoms with Crippen LogP contribution in [-0.4, -0.2) is 29.3 Å². The van der Waals surface area contributed by atoms with Crippen LogP contribution < -0.4 is 0 Å². The molecule has 2 aromatic rings. The lowest BCUT2D eigenvalue weighted by molar-refractivity contribution is -0.142. The van der Waals surface area contributed by atoms with Crippen LogP contribution >= 0.6 is 0 Å². The second-order valence-electron chi connectivity index (χ2n) is 6.34. The molecule has 1 saturated heterocycles. The maximum atomic E-state index is 12.9. The molecule has 0 spiro atoms. The van der Waals surface area contributed by atoms with Gasteiger partial charge in [0.25, 0.3) is 5.91 Å². The van der Waals surface area contributed by atoms with Gasteiger partial charge in [0.1, 0.15) is 17.6 Å². The van der Waals surface area contributed by atoms with Crippen molar-refractivity contribution in [2.24, 2.45) is 5.10 Å². The average Bonchev–Trinajstić information content (AvgIpc) is 3.34. The molecule has 24 heavy (non-hydrogen) atoms. The quantitative estimate of drug-likeness (QED) is 0.869. The minimum atomic E-state index is -0.378. The molecule has 5 heteroatoms. The van der Waals surface area contributed by atoms with Crippen molar-refractivity contribution in [3.8, 4) is 0 Å². The summed E-state index contributed by atoms with van der Waals surface area (Å²) in [7, 11) is 0. The van der Waals surface area contributed by atoms with Gasteiger partial charge in [0.05, 0.1) is 12.3 Å². The third-order valence-electron chi connectivity index (χ3n) is 4.57. The third-order valence-corrected chi connectivity index (χ3v) is 4.57. The Balaban J connectivity index is 1.67. The van der Waals surface area contributed by atoms with Gasteiger partial charge in [0.15, 0.2) is 0 Å². The summed E-state index contributed by atoms with van der Waals surface area (Å²) in [5.41, 5.74) is 3.06. The summed E-state index contributed by atoms with van der Waals surface area (Å²) >= 11 is 0. The van der Waals surface area contributed by atoms with E-state index in [9.17, 15) is 4.79 Å². The van der Waals surface area contributed by atoms with E-state index in [1.807, 2.05) is 24.3 Å². The van der Waals surface area contributed by atoms with Crippen LogP contribution in [0.3, 0.4) is 0 Å². The van der Waals surface area contributed by atoms with Crippen molar-refractivity contribution < 1.29 is 13.9 Å². The first-order valence-electron chi connectivity index (χ1n) is 8.35. The summed E-state index contributed by atoms with van der Waals surface area (Å²) in [5.74, 6) is 0.663. The standard InChI is InChI=1S/C19H20N2O3/c1-13-5-2-6-14(11-13)16-12-15(17-7-3-9-23-17)20-21(16)19(22)18-8-4-10-24-18/h2-3,5-7,9,11,16,18H,4,8,10,12H2,1H3/t16-,18+/m1/s1. The van der Waals surface area contributed by atoms with Gasteiger partial charge in [0, 0.05) is 13.0 Å². The molecule has 0 radical (unpaired) electrons. The van der Waals surface area contributed by atoms with Gasteiger partial charge in [-0.05, 0) is 37.5 Å². The highest BCUT2D eigenvalue weighted by Gasteiger charge is 2.38. The maximum Gasteiger partial charge on any atom is 0.272 e. The lowest BCUT2D eigenvalue weighted by atomic mass is 9.99. The molecule has 5 nitrogen and oxygen atoms in total. The highest BCUT2D eigenvalue weighted by atomic mass is 16.5. The van der Waals surface area contributed by atoms with Crippen LogP contribution in [0.15, 0.2) is 52.2 Å². The number of hydrazone groups is 1. The lowest BCUT2D eigenvalue weighted by Gasteiger charge is -2.24. The molecule has 2 aliphatic rings. The van der Waals surface area contributed by atoms with Gasteiger partial charge in [-0.3, -0.25) is 4.79 Å². The normalized spacial score (nSPS) is 23.5. The summed E-state index contributed by atoms with van der Waals surface area (Å²) < 4.78 is 11.1. The van der Waals surface area contributed by atoms with E-state index in [2.05, 4.69) is 24.2 Å². The van der Waals surface area contributed by atoms with Crippen molar-refractivity contribution >= 4 is 11.6 Å². The molecule has 1 aromatic heterocycles. The first-order chi connectivity index (χ1) is 11.7. The Morgan fingerprint density at radius 2 is 2.21 bits per heavy atom. The first-order valence-corrected chi connectivity index (χ1v) is 8.35. The molecule has 0 unspecified atom stereocenters. The van der Waals surface area contributed by atoms with Crippen LogP contribution in [0, 0.1) is 6.92 Å². The second-order valence-corrected chi connectivity index (χ2v) is 6.34. The molecule has 0 bridgehead atoms. The average molecular weight is 324 g/mol. The largest absolute Gasteiger partial charge is 0.463 e. The molecular formula is C19H20N2O3. The van der Waals surface area contributed by atoms with Gasteiger partial charge >= 0.3 is 0 Å². The molecule has 3 heterocycles. The highest BCUT2D eigenvalue weighted by Crippen LogP contribution is 2.34. The van der Waals surface area contributed by atoms with Crippen molar-refractivity contribution in [2.45, 2.75) is 38.3 Å². The number of aryl methyl sites for hydroxylation is 1. The van der Waals surface area contributed by atoms with Crippen LogP contribution in [-0.2, 0) is 9.53 Å². The topological polar surface area (TPSA) is 55.0 Å². The fourth-order valence-electron chi connectivity index (χ4n) is 3.36. The molecule has 2 atom stereocenters. The number of amides is 1. The fourth-order valence-corrected chi connectivity index (χ4v) is 3.36. The Labute approximate surface area is 140 Å². The van der Waals surface area contributed by atoms with Crippen LogP contribution in [0.25, 0.3) is 0 Å². The van der Waals surface area contributed by atoms with E-state index >= 15 is 0 Å². The van der Waals surface area contributed by atoms with Crippen molar-refractivity contribution in [3.05, 3.63) is 59.5 Å². The number of rotatable bonds is 3. The van der Waals surface area contributed by atoms with E-state index in [0.29, 0.717) is 13.0 Å². The van der Waals surface area contributed by atoms with Crippen LogP contribution in [0.4, 0.5) is 0 Å². The predicted molar refractivity (Wildman–Crippen MR) is 89.6 cm³/mol. The molecule has 0 aliphatic carbocycles. The lowest BCUT2D eigenvalue weighted by Crippen LogP contribution is -2.35. The van der Waals surface area contributed by atoms with Crippen LogP contribution in [0.2, 0.25) is 0 Å². The van der Waals surface area contributed by atoms with Gasteiger partial charge < -0.3 is 9.15 Å².